The van der Waals surface area contributed by atoms with Crippen molar-refractivity contribution in [1.82, 2.24) is 15.5 Å². The third kappa shape index (κ3) is 9.47. The highest BCUT2D eigenvalue weighted by atomic mass is 35.5. The highest BCUT2D eigenvalue weighted by molar-refractivity contribution is 6.30. The van der Waals surface area contributed by atoms with Gasteiger partial charge in [0.2, 0.25) is 0 Å². The second kappa shape index (κ2) is 20.2. The highest BCUT2D eigenvalue weighted by Crippen LogP contribution is 2.35. The summed E-state index contributed by atoms with van der Waals surface area (Å²) in [7, 11) is 7.34. The van der Waals surface area contributed by atoms with Gasteiger partial charge in [0.1, 0.15) is 22.3 Å². The molecule has 326 valence electrons. The molecule has 12 nitrogen and oxygen atoms in total. The Kier molecular flexibility index (Phi) is 13.6. The van der Waals surface area contributed by atoms with Gasteiger partial charge in [-0.1, -0.05) is 119 Å². The molecule has 0 aliphatic heterocycles. The van der Waals surface area contributed by atoms with Crippen molar-refractivity contribution in [2.75, 3.05) is 55.7 Å². The molecule has 3 aromatic heterocycles. The van der Waals surface area contributed by atoms with Crippen molar-refractivity contribution in [2.45, 2.75) is 32.9 Å². The molecule has 3 heterocycles. The molecule has 0 atom stereocenters. The monoisotopic (exact) mass is 875 g/mol. The minimum Gasteiger partial charge on any atom is -0.496 e. The highest BCUT2D eigenvalue weighted by Gasteiger charge is 2.16. The van der Waals surface area contributed by atoms with Crippen molar-refractivity contribution in [2.24, 2.45) is 0 Å². The fourth-order valence-corrected chi connectivity index (χ4v) is 7.74. The van der Waals surface area contributed by atoms with E-state index in [9.17, 15) is 0 Å². The van der Waals surface area contributed by atoms with Crippen molar-refractivity contribution in [3.05, 3.63) is 150 Å². The average Bonchev–Trinajstić information content (AvgIpc) is 4.08. The summed E-state index contributed by atoms with van der Waals surface area (Å²) in [5.41, 5.74) is 5.72. The third-order valence-corrected chi connectivity index (χ3v) is 11.1. The van der Waals surface area contributed by atoms with Crippen LogP contribution in [0.15, 0.2) is 147 Å². The summed E-state index contributed by atoms with van der Waals surface area (Å²) in [6.45, 7) is 4.38. The molecule has 10 aromatic rings. The number of nitrogens with zero attached hydrogens (tertiary/aromatic N) is 4. The van der Waals surface area contributed by atoms with Gasteiger partial charge < -0.3 is 43.9 Å². The number of benzene rings is 7. The second-order valence-corrected chi connectivity index (χ2v) is 15.7. The second-order valence-electron chi connectivity index (χ2n) is 15.2. The summed E-state index contributed by atoms with van der Waals surface area (Å²) in [6, 6.07) is 44.2. The summed E-state index contributed by atoms with van der Waals surface area (Å²) in [5, 5.41) is 30.8. The first-order chi connectivity index (χ1) is 31.4. The van der Waals surface area contributed by atoms with Crippen molar-refractivity contribution in [1.29, 1.82) is 0 Å². The molecule has 0 aliphatic rings. The molecule has 0 amide bonds. The summed E-state index contributed by atoms with van der Waals surface area (Å²) in [6.07, 6.45) is 2.31. The van der Waals surface area contributed by atoms with E-state index in [4.69, 9.17) is 34.6 Å². The first-order valence-electron chi connectivity index (χ1n) is 21.1. The molecular weight excluding hydrogens is 826 g/mol. The lowest BCUT2D eigenvalue weighted by atomic mass is 9.97. The molecule has 3 N–H and O–H groups in total. The topological polar surface area (TPSA) is 136 Å². The van der Waals surface area contributed by atoms with E-state index in [-0.39, 0.29) is 0 Å². The van der Waals surface area contributed by atoms with Crippen LogP contribution in [-0.4, -0.2) is 50.3 Å². The molecular formula is C51H50ClN7O5. The van der Waals surface area contributed by atoms with Gasteiger partial charge in [0.25, 0.3) is 0 Å². The van der Waals surface area contributed by atoms with Crippen LogP contribution >= 0.6 is 11.6 Å². The molecule has 0 spiro atoms. The smallest absolute Gasteiger partial charge is 0.181 e. The van der Waals surface area contributed by atoms with E-state index in [1.807, 2.05) is 86.9 Å². The Bertz CT molecular complexity index is 3070. The van der Waals surface area contributed by atoms with Crippen LogP contribution in [0.5, 0.6) is 11.5 Å². The maximum absolute atomic E-state index is 5.86. The van der Waals surface area contributed by atoms with Gasteiger partial charge >= 0.3 is 0 Å². The lowest BCUT2D eigenvalue weighted by Crippen LogP contribution is -2.09. The predicted molar refractivity (Wildman–Crippen MR) is 260 cm³/mol. The largest absolute Gasteiger partial charge is 0.496 e. The molecule has 0 fully saturated rings. The first kappa shape index (κ1) is 43.2. The molecule has 13 heteroatoms. The summed E-state index contributed by atoms with van der Waals surface area (Å²) < 4.78 is 26.9. The molecule has 0 aliphatic carbocycles. The van der Waals surface area contributed by atoms with Gasteiger partial charge in [0, 0.05) is 38.8 Å². The van der Waals surface area contributed by atoms with Crippen molar-refractivity contribution in [3.8, 4) is 11.5 Å². The van der Waals surface area contributed by atoms with Crippen LogP contribution in [0.3, 0.4) is 0 Å². The Morgan fingerprint density at radius 3 is 1.59 bits per heavy atom. The minimum atomic E-state index is 0.636. The zero-order valence-corrected chi connectivity index (χ0v) is 37.2. The van der Waals surface area contributed by atoms with Gasteiger partial charge in [-0.3, -0.25) is 0 Å². The lowest BCUT2D eigenvalue weighted by Gasteiger charge is -2.13. The summed E-state index contributed by atoms with van der Waals surface area (Å²) >= 11 is 5.86. The molecule has 7 aromatic carbocycles. The quantitative estimate of drug-likeness (QED) is 0.0751. The number of rotatable bonds is 13. The number of methoxy groups -OCH3 is 2. The number of ether oxygens (including phenoxy) is 2. The maximum Gasteiger partial charge on any atom is 0.181 e. The molecule has 0 radical (unpaired) electrons. The summed E-state index contributed by atoms with van der Waals surface area (Å²) in [4.78, 5) is 2.07. The fourth-order valence-electron chi connectivity index (χ4n) is 7.61. The van der Waals surface area contributed by atoms with Gasteiger partial charge in [0.15, 0.2) is 34.2 Å². The Morgan fingerprint density at radius 2 is 1.06 bits per heavy atom. The standard InChI is InChI=1S/C23H18N2O2.C15H13ClN2O2.C13H19N3O/c1-26-20-11-6-12-21-22(20)23(25-27-21)24-14-19-17-9-4-2-7-15(17)13-16-8-3-5-10-18(16)19;1-19-12-3-2-4-13-14(12)15(18-20-13)17-9-10-5-7-11(16)8-6-10;1-4-5-9-14-13-12-10(16(2)3)7-6-8-11(12)17-15-13/h2-13H,14H2,1H3,(H,24,25);2-8H,9H2,1H3,(H,17,18);6-8H,4-5,9H2,1-3H3,(H,14,15). The van der Waals surface area contributed by atoms with Crippen LogP contribution in [0.25, 0.3) is 54.5 Å². The number of hydrogen-bond acceptors (Lipinski definition) is 12. The van der Waals surface area contributed by atoms with Crippen LogP contribution < -0.4 is 30.3 Å². The van der Waals surface area contributed by atoms with Crippen molar-refractivity contribution in [3.63, 3.8) is 0 Å². The Labute approximate surface area is 376 Å². The molecule has 0 saturated heterocycles. The van der Waals surface area contributed by atoms with Gasteiger partial charge in [-0.2, -0.15) is 0 Å². The van der Waals surface area contributed by atoms with E-state index in [0.29, 0.717) is 35.9 Å². The molecule has 64 heavy (non-hydrogen) atoms. The lowest BCUT2D eigenvalue weighted by molar-refractivity contribution is 0.419. The van der Waals surface area contributed by atoms with E-state index >= 15 is 0 Å². The van der Waals surface area contributed by atoms with Crippen molar-refractivity contribution < 1.29 is 23.0 Å². The van der Waals surface area contributed by atoms with E-state index in [1.54, 1.807) is 14.2 Å². The minimum absolute atomic E-state index is 0.636. The zero-order valence-electron chi connectivity index (χ0n) is 36.4. The number of halogens is 1. The number of anilines is 4. The molecule has 0 unspecified atom stereocenters. The normalized spacial score (nSPS) is 11.0. The van der Waals surface area contributed by atoms with E-state index in [1.165, 1.54) is 33.5 Å². The SMILES string of the molecule is CCCCNc1noc2cccc(N(C)C)c12.COc1cccc2onc(NCc3c4ccccc4cc4ccccc34)c12.COc1cccc2onc(NCc3ccc(Cl)cc3)c12. The van der Waals surface area contributed by atoms with Crippen LogP contribution in [0.1, 0.15) is 30.9 Å². The fraction of sp³-hybridized carbons (Fsp3) is 0.196. The van der Waals surface area contributed by atoms with E-state index in [2.05, 4.69) is 104 Å². The number of unbranched alkanes of at least 4 members (excludes halogenated alkanes) is 1. The molecule has 10 rings (SSSR count). The first-order valence-corrected chi connectivity index (χ1v) is 21.5. The predicted octanol–water partition coefficient (Wildman–Crippen LogP) is 13.0. The van der Waals surface area contributed by atoms with Crippen LogP contribution in [-0.2, 0) is 13.1 Å². The van der Waals surface area contributed by atoms with Crippen LogP contribution in [0.4, 0.5) is 23.1 Å². The maximum atomic E-state index is 5.86. The Balaban J connectivity index is 0.000000136. The van der Waals surface area contributed by atoms with E-state index < -0.39 is 0 Å². The number of aromatic nitrogens is 3. The van der Waals surface area contributed by atoms with Crippen LogP contribution in [0.2, 0.25) is 5.02 Å². The van der Waals surface area contributed by atoms with Gasteiger partial charge in [-0.15, -0.1) is 0 Å². The van der Waals surface area contributed by atoms with Gasteiger partial charge in [-0.25, -0.2) is 0 Å². The Hall–Kier alpha value is -7.44. The molecule has 0 saturated carbocycles. The van der Waals surface area contributed by atoms with Crippen molar-refractivity contribution >= 4 is 89.2 Å². The zero-order chi connectivity index (χ0) is 44.4. The number of fused-ring (bicyclic) bond motifs is 5. The van der Waals surface area contributed by atoms with Gasteiger partial charge in [0.05, 0.1) is 25.3 Å². The number of nitrogens with one attached hydrogen (secondary N) is 3. The Morgan fingerprint density at radius 1 is 0.562 bits per heavy atom. The average molecular weight is 876 g/mol. The number of hydrogen-bond donors (Lipinski definition) is 3. The third-order valence-electron chi connectivity index (χ3n) is 10.8. The summed E-state index contributed by atoms with van der Waals surface area (Å²) in [5.74, 6) is 3.70. The molecule has 0 bridgehead atoms. The van der Waals surface area contributed by atoms with E-state index in [0.717, 1.165) is 68.3 Å². The van der Waals surface area contributed by atoms with Crippen LogP contribution in [0, 0.1) is 0 Å². The van der Waals surface area contributed by atoms with Gasteiger partial charge in [-0.05, 0) is 93.7 Å².